The molecule has 4 aromatic rings. The van der Waals surface area contributed by atoms with Crippen molar-refractivity contribution in [2.45, 2.75) is 53.0 Å². The van der Waals surface area contributed by atoms with Crippen molar-refractivity contribution in [1.82, 2.24) is 19.2 Å². The number of rotatable bonds is 6. The number of ketones is 1. The fourth-order valence-electron chi connectivity index (χ4n) is 3.81. The number of hydrogen-bond donors (Lipinski definition) is 0. The van der Waals surface area contributed by atoms with Crippen LogP contribution in [0, 0.1) is 13.8 Å². The highest BCUT2D eigenvalue weighted by atomic mass is 16.2. The Labute approximate surface area is 175 Å². The Morgan fingerprint density at radius 1 is 1.10 bits per heavy atom. The number of benzene rings is 2. The molecule has 0 saturated heterocycles. The van der Waals surface area contributed by atoms with Crippen LogP contribution in [-0.4, -0.2) is 24.9 Å². The molecule has 0 spiro atoms. The number of carbonyl (C=O) groups excluding carboxylic acids is 1. The first-order valence-corrected chi connectivity index (χ1v) is 10.4. The summed E-state index contributed by atoms with van der Waals surface area (Å²) in [4.78, 5) is 31.3. The maximum atomic E-state index is 13.4. The number of hydrogen-bond acceptors (Lipinski definition) is 4. The van der Waals surface area contributed by atoms with Crippen molar-refractivity contribution in [3.8, 4) is 0 Å². The molecule has 1 unspecified atom stereocenters. The number of nitrogens with zero attached hydrogens (tertiary/aromatic N) is 4. The first-order chi connectivity index (χ1) is 14.4. The molecule has 0 radical (unpaired) electrons. The van der Waals surface area contributed by atoms with E-state index in [-0.39, 0.29) is 11.5 Å². The third-order valence-electron chi connectivity index (χ3n) is 5.75. The van der Waals surface area contributed by atoms with Crippen molar-refractivity contribution >= 4 is 22.3 Å². The molecule has 2 heterocycles. The Morgan fingerprint density at radius 2 is 1.87 bits per heavy atom. The number of unbranched alkanes of at least 4 members (excludes halogenated alkanes) is 1. The van der Waals surface area contributed by atoms with E-state index in [1.165, 1.54) is 9.08 Å². The third-order valence-corrected chi connectivity index (χ3v) is 5.75. The minimum atomic E-state index is -0.669. The number of aromatic nitrogens is 4. The maximum Gasteiger partial charge on any atom is 0.351 e. The zero-order valence-electron chi connectivity index (χ0n) is 17.8. The summed E-state index contributed by atoms with van der Waals surface area (Å²) in [6.45, 7) is 7.88. The van der Waals surface area contributed by atoms with Gasteiger partial charge in [-0.05, 0) is 56.5 Å². The number of fused-ring (bicyclic) bond motifs is 3. The fourth-order valence-corrected chi connectivity index (χ4v) is 3.81. The Bertz CT molecular complexity index is 1320. The van der Waals surface area contributed by atoms with Crippen molar-refractivity contribution in [1.29, 1.82) is 0 Å². The lowest BCUT2D eigenvalue weighted by Gasteiger charge is -2.17. The topological polar surface area (TPSA) is 69.3 Å². The molecule has 0 fully saturated rings. The van der Waals surface area contributed by atoms with Gasteiger partial charge in [0.05, 0.1) is 11.6 Å². The van der Waals surface area contributed by atoms with Crippen molar-refractivity contribution in [3.05, 3.63) is 75.5 Å². The Hall–Kier alpha value is -3.28. The van der Waals surface area contributed by atoms with Gasteiger partial charge in [-0.3, -0.25) is 9.36 Å². The Kier molecular flexibility index (Phi) is 5.24. The molecule has 30 heavy (non-hydrogen) atoms. The summed E-state index contributed by atoms with van der Waals surface area (Å²) in [7, 11) is 0. The molecule has 6 nitrogen and oxygen atoms in total. The predicted molar refractivity (Wildman–Crippen MR) is 118 cm³/mol. The number of carbonyl (C=O) groups is 1. The van der Waals surface area contributed by atoms with Crippen LogP contribution in [0.4, 0.5) is 0 Å². The van der Waals surface area contributed by atoms with Crippen LogP contribution >= 0.6 is 0 Å². The summed E-state index contributed by atoms with van der Waals surface area (Å²) < 4.78 is 2.88. The fraction of sp³-hybridized carbons (Fsp3) is 0.333. The smallest absolute Gasteiger partial charge is 0.292 e. The number of aryl methyl sites for hydroxylation is 3. The van der Waals surface area contributed by atoms with E-state index >= 15 is 0 Å². The molecule has 2 aromatic heterocycles. The number of Topliss-reactive ketones (excluding diaryl/α,β-unsaturated/α-hetero) is 1. The van der Waals surface area contributed by atoms with Gasteiger partial charge in [0, 0.05) is 17.4 Å². The zero-order valence-corrected chi connectivity index (χ0v) is 17.8. The van der Waals surface area contributed by atoms with Crippen LogP contribution in [0.1, 0.15) is 60.0 Å². The van der Waals surface area contributed by atoms with E-state index in [4.69, 9.17) is 0 Å². The monoisotopic (exact) mass is 402 g/mol. The summed E-state index contributed by atoms with van der Waals surface area (Å²) in [5.41, 5.74) is 3.67. The van der Waals surface area contributed by atoms with E-state index in [0.29, 0.717) is 22.6 Å². The maximum absolute atomic E-state index is 13.4. The van der Waals surface area contributed by atoms with Gasteiger partial charge in [0.1, 0.15) is 0 Å². The lowest BCUT2D eigenvalue weighted by Crippen LogP contribution is -2.33. The van der Waals surface area contributed by atoms with Crippen molar-refractivity contribution in [2.24, 2.45) is 0 Å². The van der Waals surface area contributed by atoms with Gasteiger partial charge in [-0.2, -0.15) is 4.52 Å². The summed E-state index contributed by atoms with van der Waals surface area (Å²) in [5, 5.41) is 5.27. The van der Waals surface area contributed by atoms with Gasteiger partial charge in [0.15, 0.2) is 17.3 Å². The van der Waals surface area contributed by atoms with Gasteiger partial charge in [0.25, 0.3) is 0 Å². The molecule has 0 saturated carbocycles. The van der Waals surface area contributed by atoms with E-state index in [1.807, 2.05) is 56.3 Å². The van der Waals surface area contributed by atoms with Crippen LogP contribution in [0.5, 0.6) is 0 Å². The van der Waals surface area contributed by atoms with Gasteiger partial charge >= 0.3 is 5.69 Å². The van der Waals surface area contributed by atoms with E-state index in [2.05, 4.69) is 17.0 Å². The molecule has 0 aliphatic rings. The highest BCUT2D eigenvalue weighted by Crippen LogP contribution is 2.23. The summed E-state index contributed by atoms with van der Waals surface area (Å²) in [5.74, 6) is 0.556. The average molecular weight is 402 g/mol. The Balaban J connectivity index is 1.90. The van der Waals surface area contributed by atoms with Gasteiger partial charge in [-0.25, -0.2) is 9.78 Å². The molecular formula is C24H26N4O2. The van der Waals surface area contributed by atoms with Crippen LogP contribution in [0.3, 0.4) is 0 Å². The van der Waals surface area contributed by atoms with Crippen LogP contribution in [-0.2, 0) is 6.42 Å². The van der Waals surface area contributed by atoms with Gasteiger partial charge in [0.2, 0.25) is 0 Å². The van der Waals surface area contributed by atoms with Gasteiger partial charge < -0.3 is 0 Å². The molecule has 0 amide bonds. The van der Waals surface area contributed by atoms with Crippen molar-refractivity contribution in [2.75, 3.05) is 0 Å². The lowest BCUT2D eigenvalue weighted by molar-refractivity contribution is 0.0934. The first kappa shape index (κ1) is 20.0. The zero-order chi connectivity index (χ0) is 21.4. The summed E-state index contributed by atoms with van der Waals surface area (Å²) in [6.07, 6.45) is 2.72. The quantitative estimate of drug-likeness (QED) is 0.447. The van der Waals surface area contributed by atoms with E-state index < -0.39 is 6.04 Å². The van der Waals surface area contributed by atoms with Gasteiger partial charge in [-0.15, -0.1) is 5.10 Å². The third kappa shape index (κ3) is 3.32. The van der Waals surface area contributed by atoms with Gasteiger partial charge in [-0.1, -0.05) is 37.6 Å². The van der Waals surface area contributed by atoms with Crippen LogP contribution in [0.25, 0.3) is 16.6 Å². The molecule has 0 aliphatic carbocycles. The average Bonchev–Trinajstić information content (AvgIpc) is 3.18. The second-order valence-electron chi connectivity index (χ2n) is 7.88. The highest BCUT2D eigenvalue weighted by Gasteiger charge is 2.23. The predicted octanol–water partition coefficient (Wildman–Crippen LogP) is 4.45. The minimum Gasteiger partial charge on any atom is -0.292 e. The van der Waals surface area contributed by atoms with Crippen molar-refractivity contribution < 1.29 is 4.79 Å². The molecule has 0 aliphatic heterocycles. The molecule has 1 atom stereocenters. The second kappa shape index (κ2) is 7.86. The molecule has 4 rings (SSSR count). The normalized spacial score (nSPS) is 12.5. The Morgan fingerprint density at radius 3 is 2.60 bits per heavy atom. The molecule has 2 aromatic carbocycles. The molecular weight excluding hydrogens is 376 g/mol. The van der Waals surface area contributed by atoms with E-state index in [9.17, 15) is 9.59 Å². The first-order valence-electron chi connectivity index (χ1n) is 10.4. The molecule has 0 bridgehead atoms. The summed E-state index contributed by atoms with van der Waals surface area (Å²) in [6, 6.07) is 12.6. The standard InChI is InChI=1S/C24H26N4O2/c1-5-6-11-21-25-23-19-9-7-8-10-20(19)27(24(30)28(23)26-21)17(4)22(29)18-13-12-15(2)16(3)14-18/h7-10,12-14,17H,5-6,11H2,1-4H3. The van der Waals surface area contributed by atoms with Crippen molar-refractivity contribution in [3.63, 3.8) is 0 Å². The summed E-state index contributed by atoms with van der Waals surface area (Å²) >= 11 is 0. The lowest BCUT2D eigenvalue weighted by atomic mass is 10.00. The molecule has 6 heteroatoms. The molecule has 154 valence electrons. The van der Waals surface area contributed by atoms with E-state index in [1.54, 1.807) is 6.92 Å². The van der Waals surface area contributed by atoms with Crippen LogP contribution in [0.2, 0.25) is 0 Å². The highest BCUT2D eigenvalue weighted by molar-refractivity contribution is 6.00. The molecule has 0 N–H and O–H groups in total. The number of para-hydroxylation sites is 1. The van der Waals surface area contributed by atoms with Crippen LogP contribution < -0.4 is 5.69 Å². The van der Waals surface area contributed by atoms with Crippen LogP contribution in [0.15, 0.2) is 47.3 Å². The second-order valence-corrected chi connectivity index (χ2v) is 7.88. The minimum absolute atomic E-state index is 0.101. The van der Waals surface area contributed by atoms with E-state index in [0.717, 1.165) is 35.8 Å². The SMILES string of the molecule is CCCCc1nc2c3ccccc3n(C(C)C(=O)c3ccc(C)c(C)c3)c(=O)n2n1. The largest absolute Gasteiger partial charge is 0.351 e.